The molecule has 0 bridgehead atoms. The van der Waals surface area contributed by atoms with E-state index in [1.807, 2.05) is 0 Å². The molecule has 2 nitrogen and oxygen atoms in total. The fourth-order valence-corrected chi connectivity index (χ4v) is 9.69. The van der Waals surface area contributed by atoms with Gasteiger partial charge in [0.15, 0.2) is 0 Å². The van der Waals surface area contributed by atoms with E-state index in [4.69, 9.17) is 4.42 Å². The fourth-order valence-electron chi connectivity index (χ4n) is 9.69. The van der Waals surface area contributed by atoms with Crippen molar-refractivity contribution in [2.45, 2.75) is 38.5 Å². The molecule has 1 heterocycles. The van der Waals surface area contributed by atoms with E-state index in [0.717, 1.165) is 44.4 Å². The first-order chi connectivity index (χ1) is 26.3. The third-order valence-corrected chi connectivity index (χ3v) is 12.5. The highest BCUT2D eigenvalue weighted by molar-refractivity contribution is 6.19. The Morgan fingerprint density at radius 1 is 0.370 bits per heavy atom. The SMILES string of the molecule is CC1(C)c2ccccc2-c2ccc(N(c3ccc4c(c3)C(C)(C)c3ccccc3-4)c3ccc4c(c3)oc3c5ccccc5c(-c5ccccc5)cc43)cc21. The van der Waals surface area contributed by atoms with Crippen LogP contribution in [0.4, 0.5) is 17.1 Å². The number of furan rings is 1. The first kappa shape index (κ1) is 31.2. The molecule has 2 aliphatic rings. The van der Waals surface area contributed by atoms with Gasteiger partial charge in [0.25, 0.3) is 0 Å². The van der Waals surface area contributed by atoms with E-state index in [9.17, 15) is 0 Å². The maximum absolute atomic E-state index is 6.89. The standard InChI is InChI=1S/C52H39NO/c1-51(2)45-20-12-10-17-37(45)39-25-22-33(28-47(39)51)53(34-23-26-40-38-18-11-13-21-46(38)52(3,4)48(40)29-34)35-24-27-41-44-31-43(32-14-6-5-7-15-32)36-16-8-9-19-42(36)50(44)54-49(41)30-35/h5-31H,1-4H3. The Hall–Kier alpha value is -6.38. The fraction of sp³-hybridized carbons (Fsp3) is 0.115. The summed E-state index contributed by atoms with van der Waals surface area (Å²) in [5, 5.41) is 4.58. The molecule has 2 heteroatoms. The molecule has 9 aromatic rings. The highest BCUT2D eigenvalue weighted by Gasteiger charge is 2.37. The molecule has 0 N–H and O–H groups in total. The van der Waals surface area contributed by atoms with Crippen molar-refractivity contribution in [2.24, 2.45) is 0 Å². The van der Waals surface area contributed by atoms with Crippen LogP contribution >= 0.6 is 0 Å². The molecule has 1 aromatic heterocycles. The summed E-state index contributed by atoms with van der Waals surface area (Å²) in [6.45, 7) is 9.43. The van der Waals surface area contributed by atoms with Gasteiger partial charge in [-0.2, -0.15) is 0 Å². The molecule has 0 spiro atoms. The van der Waals surface area contributed by atoms with Crippen LogP contribution in [0, 0.1) is 0 Å². The van der Waals surface area contributed by atoms with E-state index in [2.05, 4.69) is 196 Å². The van der Waals surface area contributed by atoms with Crippen molar-refractivity contribution < 1.29 is 4.42 Å². The number of benzene rings is 8. The summed E-state index contributed by atoms with van der Waals surface area (Å²) in [7, 11) is 0. The van der Waals surface area contributed by atoms with E-state index in [-0.39, 0.29) is 10.8 Å². The number of hydrogen-bond acceptors (Lipinski definition) is 2. The Kier molecular flexibility index (Phi) is 6.39. The molecule has 0 aliphatic heterocycles. The Balaban J connectivity index is 1.13. The van der Waals surface area contributed by atoms with Gasteiger partial charge in [0, 0.05) is 50.1 Å². The van der Waals surface area contributed by atoms with Gasteiger partial charge in [0.1, 0.15) is 11.2 Å². The molecule has 2 aliphatic carbocycles. The molecule has 54 heavy (non-hydrogen) atoms. The van der Waals surface area contributed by atoms with Crippen LogP contribution in [-0.2, 0) is 10.8 Å². The topological polar surface area (TPSA) is 16.4 Å². The summed E-state index contributed by atoms with van der Waals surface area (Å²) in [6, 6.07) is 60.2. The molecule has 8 aromatic carbocycles. The Morgan fingerprint density at radius 2 is 0.870 bits per heavy atom. The zero-order valence-electron chi connectivity index (χ0n) is 30.9. The average Bonchev–Trinajstić information content (AvgIpc) is 3.77. The van der Waals surface area contributed by atoms with Crippen LogP contribution in [-0.4, -0.2) is 0 Å². The molecule has 0 saturated heterocycles. The molecule has 0 atom stereocenters. The van der Waals surface area contributed by atoms with E-state index < -0.39 is 0 Å². The summed E-state index contributed by atoms with van der Waals surface area (Å²) >= 11 is 0. The number of fused-ring (bicyclic) bond motifs is 11. The third-order valence-electron chi connectivity index (χ3n) is 12.5. The lowest BCUT2D eigenvalue weighted by Gasteiger charge is -2.29. The summed E-state index contributed by atoms with van der Waals surface area (Å²) in [6.07, 6.45) is 0. The van der Waals surface area contributed by atoms with Crippen LogP contribution < -0.4 is 4.90 Å². The Bertz CT molecular complexity index is 2890. The Morgan fingerprint density at radius 3 is 1.50 bits per heavy atom. The van der Waals surface area contributed by atoms with E-state index >= 15 is 0 Å². The molecule has 0 radical (unpaired) electrons. The van der Waals surface area contributed by atoms with Crippen LogP contribution in [0.3, 0.4) is 0 Å². The maximum atomic E-state index is 6.89. The van der Waals surface area contributed by atoms with Gasteiger partial charge in [0.2, 0.25) is 0 Å². The lowest BCUT2D eigenvalue weighted by atomic mass is 9.82. The number of rotatable bonds is 4. The number of anilines is 3. The van der Waals surface area contributed by atoms with Gasteiger partial charge < -0.3 is 9.32 Å². The zero-order chi connectivity index (χ0) is 36.3. The maximum Gasteiger partial charge on any atom is 0.143 e. The summed E-state index contributed by atoms with van der Waals surface area (Å²) in [5.74, 6) is 0. The van der Waals surface area contributed by atoms with Crippen LogP contribution in [0.1, 0.15) is 49.9 Å². The summed E-state index contributed by atoms with van der Waals surface area (Å²) < 4.78 is 6.89. The predicted molar refractivity (Wildman–Crippen MR) is 226 cm³/mol. The first-order valence-electron chi connectivity index (χ1n) is 19.0. The molecule has 0 amide bonds. The quantitative estimate of drug-likeness (QED) is 0.182. The van der Waals surface area contributed by atoms with E-state index in [1.165, 1.54) is 61.0 Å². The smallest absolute Gasteiger partial charge is 0.143 e. The van der Waals surface area contributed by atoms with Gasteiger partial charge in [-0.25, -0.2) is 0 Å². The second-order valence-corrected chi connectivity index (χ2v) is 16.1. The molecular formula is C52H39NO. The van der Waals surface area contributed by atoms with E-state index in [0.29, 0.717) is 0 Å². The molecule has 0 unspecified atom stereocenters. The van der Waals surface area contributed by atoms with Crippen LogP contribution in [0.2, 0.25) is 0 Å². The van der Waals surface area contributed by atoms with Crippen molar-refractivity contribution in [3.8, 4) is 33.4 Å². The van der Waals surface area contributed by atoms with Crippen molar-refractivity contribution in [3.63, 3.8) is 0 Å². The van der Waals surface area contributed by atoms with Crippen LogP contribution in [0.15, 0.2) is 168 Å². The van der Waals surface area contributed by atoms with Crippen LogP contribution in [0.25, 0.3) is 66.1 Å². The molecular weight excluding hydrogens is 655 g/mol. The first-order valence-corrected chi connectivity index (χ1v) is 19.0. The largest absolute Gasteiger partial charge is 0.455 e. The zero-order valence-corrected chi connectivity index (χ0v) is 30.9. The third kappa shape index (κ3) is 4.28. The van der Waals surface area contributed by atoms with Gasteiger partial charge in [-0.05, 0) is 103 Å². The normalized spacial score (nSPS) is 14.6. The molecule has 11 rings (SSSR count). The van der Waals surface area contributed by atoms with Crippen molar-refractivity contribution in [2.75, 3.05) is 4.90 Å². The van der Waals surface area contributed by atoms with Crippen molar-refractivity contribution in [1.29, 1.82) is 0 Å². The number of nitrogens with zero attached hydrogens (tertiary/aromatic N) is 1. The average molecular weight is 694 g/mol. The minimum atomic E-state index is -0.116. The molecule has 0 fully saturated rings. The lowest BCUT2D eigenvalue weighted by Crippen LogP contribution is -2.18. The van der Waals surface area contributed by atoms with E-state index in [1.54, 1.807) is 0 Å². The Labute approximate surface area is 315 Å². The van der Waals surface area contributed by atoms with Gasteiger partial charge in [0.05, 0.1) is 0 Å². The minimum Gasteiger partial charge on any atom is -0.455 e. The molecule has 258 valence electrons. The predicted octanol–water partition coefficient (Wildman–Crippen LogP) is 14.5. The van der Waals surface area contributed by atoms with Crippen molar-refractivity contribution in [1.82, 2.24) is 0 Å². The molecule has 0 saturated carbocycles. The highest BCUT2D eigenvalue weighted by Crippen LogP contribution is 2.53. The highest BCUT2D eigenvalue weighted by atomic mass is 16.3. The minimum absolute atomic E-state index is 0.116. The second-order valence-electron chi connectivity index (χ2n) is 16.1. The number of hydrogen-bond donors (Lipinski definition) is 0. The summed E-state index contributed by atoms with van der Waals surface area (Å²) in [5.41, 5.74) is 18.1. The lowest BCUT2D eigenvalue weighted by molar-refractivity contribution is 0.660. The monoisotopic (exact) mass is 693 g/mol. The van der Waals surface area contributed by atoms with Crippen LogP contribution in [0.5, 0.6) is 0 Å². The van der Waals surface area contributed by atoms with Crippen molar-refractivity contribution in [3.05, 3.63) is 186 Å². The summed E-state index contributed by atoms with van der Waals surface area (Å²) in [4.78, 5) is 2.43. The van der Waals surface area contributed by atoms with Gasteiger partial charge in [-0.3, -0.25) is 0 Å². The van der Waals surface area contributed by atoms with Gasteiger partial charge in [-0.1, -0.05) is 143 Å². The van der Waals surface area contributed by atoms with Gasteiger partial charge in [-0.15, -0.1) is 0 Å². The van der Waals surface area contributed by atoms with Crippen molar-refractivity contribution >= 4 is 49.8 Å². The van der Waals surface area contributed by atoms with Gasteiger partial charge >= 0.3 is 0 Å². The second kappa shape index (κ2) is 11.1.